The summed E-state index contributed by atoms with van der Waals surface area (Å²) in [5, 5.41) is 5.73. The molecule has 2 aliphatic rings. The van der Waals surface area contributed by atoms with Crippen molar-refractivity contribution in [1.82, 2.24) is 10.6 Å². The van der Waals surface area contributed by atoms with Gasteiger partial charge in [0.05, 0.1) is 11.6 Å². The number of nitrogens with two attached hydrogens (primary N) is 1. The maximum atomic E-state index is 14.1. The van der Waals surface area contributed by atoms with Gasteiger partial charge in [0.2, 0.25) is 5.91 Å². The molecule has 2 fully saturated rings. The third kappa shape index (κ3) is 2.41. The third-order valence-electron chi connectivity index (χ3n) is 4.48. The lowest BCUT2D eigenvalue weighted by Crippen LogP contribution is -2.64. The van der Waals surface area contributed by atoms with Crippen LogP contribution in [0.15, 0.2) is 24.3 Å². The molecule has 6 nitrogen and oxygen atoms in total. The van der Waals surface area contributed by atoms with Crippen LogP contribution in [0.5, 0.6) is 0 Å². The molecular formula is C15H19FN4O2. The molecule has 0 bridgehead atoms. The Morgan fingerprint density at radius 3 is 2.59 bits per heavy atom. The van der Waals surface area contributed by atoms with Crippen LogP contribution in [0.2, 0.25) is 0 Å². The number of hydrogen-bond donors (Lipinski definition) is 3. The number of nitrogens with zero attached hydrogens (tertiary/aromatic N) is 1. The summed E-state index contributed by atoms with van der Waals surface area (Å²) in [7, 11) is 1.69. The van der Waals surface area contributed by atoms with Gasteiger partial charge in [-0.2, -0.15) is 0 Å². The number of alkyl halides is 1. The third-order valence-corrected chi connectivity index (χ3v) is 4.48. The zero-order valence-corrected chi connectivity index (χ0v) is 12.3. The van der Waals surface area contributed by atoms with E-state index in [9.17, 15) is 14.0 Å². The largest absolute Gasteiger partial charge is 0.399 e. The second kappa shape index (κ2) is 5.57. The molecule has 1 heterocycles. The summed E-state index contributed by atoms with van der Waals surface area (Å²) in [6.07, 6.45) is -0.575. The van der Waals surface area contributed by atoms with Crippen LogP contribution in [-0.4, -0.2) is 37.2 Å². The highest BCUT2D eigenvalue weighted by Crippen LogP contribution is 2.33. The highest BCUT2D eigenvalue weighted by Gasteiger charge is 2.47. The lowest BCUT2D eigenvalue weighted by Gasteiger charge is -2.43. The molecule has 1 aromatic rings. The number of imide groups is 1. The predicted octanol–water partition coefficient (Wildman–Crippen LogP) is 1.03. The number of fused-ring (bicyclic) bond motifs is 1. The molecule has 1 aliphatic carbocycles. The molecule has 1 saturated heterocycles. The standard InChI is InChI=1S/C15H19FN4O2/c1-18-13-7-12-10(6-11(13)16)14(21)20(15(22)19-12)9-4-2-8(17)3-5-9/h2-5,10-13,18H,6-7,17H2,1H3,(H,19,22). The zero-order chi connectivity index (χ0) is 15.9. The van der Waals surface area contributed by atoms with Crippen molar-refractivity contribution in [2.45, 2.75) is 31.1 Å². The second-order valence-corrected chi connectivity index (χ2v) is 5.81. The predicted molar refractivity (Wildman–Crippen MR) is 81.1 cm³/mol. The van der Waals surface area contributed by atoms with Crippen LogP contribution >= 0.6 is 0 Å². The Hall–Kier alpha value is -2.15. The minimum Gasteiger partial charge on any atom is -0.399 e. The Labute approximate surface area is 127 Å². The highest BCUT2D eigenvalue weighted by atomic mass is 19.1. The van der Waals surface area contributed by atoms with Crippen molar-refractivity contribution in [2.75, 3.05) is 17.7 Å². The van der Waals surface area contributed by atoms with Gasteiger partial charge in [-0.25, -0.2) is 14.1 Å². The van der Waals surface area contributed by atoms with E-state index in [2.05, 4.69) is 10.6 Å². The van der Waals surface area contributed by atoms with E-state index in [-0.39, 0.29) is 24.4 Å². The number of carbonyl (C=O) groups excluding carboxylic acids is 2. The molecule has 0 spiro atoms. The van der Waals surface area contributed by atoms with Gasteiger partial charge in [0.15, 0.2) is 0 Å². The van der Waals surface area contributed by atoms with Gasteiger partial charge in [0, 0.05) is 17.8 Å². The first kappa shape index (κ1) is 14.8. The van der Waals surface area contributed by atoms with E-state index in [1.54, 1.807) is 31.3 Å². The fourth-order valence-corrected chi connectivity index (χ4v) is 3.24. The quantitative estimate of drug-likeness (QED) is 0.712. The Kier molecular flexibility index (Phi) is 3.74. The molecule has 3 rings (SSSR count). The summed E-state index contributed by atoms with van der Waals surface area (Å²) in [6.45, 7) is 0. The topological polar surface area (TPSA) is 87.5 Å². The number of amides is 3. The summed E-state index contributed by atoms with van der Waals surface area (Å²) in [5.74, 6) is -0.884. The van der Waals surface area contributed by atoms with Gasteiger partial charge in [-0.15, -0.1) is 0 Å². The van der Waals surface area contributed by atoms with Crippen molar-refractivity contribution in [2.24, 2.45) is 5.92 Å². The van der Waals surface area contributed by atoms with Gasteiger partial charge in [-0.05, 0) is 44.2 Å². The van der Waals surface area contributed by atoms with Crippen LogP contribution in [0.1, 0.15) is 12.8 Å². The summed E-state index contributed by atoms with van der Waals surface area (Å²) in [6, 6.07) is 5.34. The lowest BCUT2D eigenvalue weighted by atomic mass is 9.78. The Balaban J connectivity index is 1.86. The number of halogens is 1. The zero-order valence-electron chi connectivity index (χ0n) is 12.3. The van der Waals surface area contributed by atoms with E-state index in [1.807, 2.05) is 0 Å². The highest BCUT2D eigenvalue weighted by molar-refractivity contribution is 6.17. The SMILES string of the molecule is CNC1CC2NC(=O)N(c3ccc(N)cc3)C(=O)C2CC1F. The van der Waals surface area contributed by atoms with Gasteiger partial charge in [0.1, 0.15) is 6.17 Å². The first-order chi connectivity index (χ1) is 10.5. The molecule has 0 aromatic heterocycles. The normalized spacial score (nSPS) is 31.6. The summed E-state index contributed by atoms with van der Waals surface area (Å²) >= 11 is 0. The minimum atomic E-state index is -1.10. The maximum Gasteiger partial charge on any atom is 0.328 e. The van der Waals surface area contributed by atoms with E-state index in [4.69, 9.17) is 5.73 Å². The number of hydrogen-bond acceptors (Lipinski definition) is 4. The number of anilines is 2. The van der Waals surface area contributed by atoms with E-state index in [0.717, 1.165) is 4.90 Å². The van der Waals surface area contributed by atoms with Gasteiger partial charge < -0.3 is 16.4 Å². The molecule has 3 amide bonds. The van der Waals surface area contributed by atoms with E-state index in [1.165, 1.54) is 0 Å². The van der Waals surface area contributed by atoms with Crippen LogP contribution in [0.25, 0.3) is 0 Å². The van der Waals surface area contributed by atoms with Crippen molar-refractivity contribution >= 4 is 23.3 Å². The molecule has 118 valence electrons. The van der Waals surface area contributed by atoms with E-state index in [0.29, 0.717) is 17.8 Å². The first-order valence-corrected chi connectivity index (χ1v) is 7.32. The fourth-order valence-electron chi connectivity index (χ4n) is 3.24. The molecule has 22 heavy (non-hydrogen) atoms. The van der Waals surface area contributed by atoms with Crippen LogP contribution in [0.3, 0.4) is 0 Å². The molecule has 7 heteroatoms. The lowest BCUT2D eigenvalue weighted by molar-refractivity contribution is -0.125. The Bertz CT molecular complexity index is 592. The average Bonchev–Trinajstić information content (AvgIpc) is 2.49. The van der Waals surface area contributed by atoms with Crippen LogP contribution in [0, 0.1) is 5.92 Å². The van der Waals surface area contributed by atoms with Crippen molar-refractivity contribution in [1.29, 1.82) is 0 Å². The number of nitrogens with one attached hydrogen (secondary N) is 2. The summed E-state index contributed by atoms with van der Waals surface area (Å²) in [5.41, 5.74) is 6.61. The molecule has 4 unspecified atom stereocenters. The molecule has 1 aliphatic heterocycles. The molecule has 4 atom stereocenters. The van der Waals surface area contributed by atoms with Gasteiger partial charge in [-0.1, -0.05) is 0 Å². The summed E-state index contributed by atoms with van der Waals surface area (Å²) in [4.78, 5) is 26.0. The van der Waals surface area contributed by atoms with Gasteiger partial charge in [-0.3, -0.25) is 4.79 Å². The van der Waals surface area contributed by atoms with Crippen molar-refractivity contribution in [3.8, 4) is 0 Å². The van der Waals surface area contributed by atoms with E-state index < -0.39 is 18.1 Å². The molecule has 1 saturated carbocycles. The summed E-state index contributed by atoms with van der Waals surface area (Å²) < 4.78 is 14.1. The smallest absolute Gasteiger partial charge is 0.328 e. The van der Waals surface area contributed by atoms with Crippen molar-refractivity contribution in [3.63, 3.8) is 0 Å². The Morgan fingerprint density at radius 2 is 1.95 bits per heavy atom. The monoisotopic (exact) mass is 306 g/mol. The molecule has 4 N–H and O–H groups in total. The molecule has 1 aromatic carbocycles. The van der Waals surface area contributed by atoms with E-state index >= 15 is 0 Å². The van der Waals surface area contributed by atoms with Crippen LogP contribution < -0.4 is 21.3 Å². The van der Waals surface area contributed by atoms with Crippen LogP contribution in [0.4, 0.5) is 20.6 Å². The minimum absolute atomic E-state index is 0.112. The number of benzene rings is 1. The van der Waals surface area contributed by atoms with Gasteiger partial charge in [0.25, 0.3) is 0 Å². The fraction of sp³-hybridized carbons (Fsp3) is 0.467. The number of urea groups is 1. The van der Waals surface area contributed by atoms with Gasteiger partial charge >= 0.3 is 6.03 Å². The number of nitrogen functional groups attached to an aromatic ring is 1. The van der Waals surface area contributed by atoms with Crippen molar-refractivity contribution in [3.05, 3.63) is 24.3 Å². The molecule has 0 radical (unpaired) electrons. The number of carbonyl (C=O) groups is 2. The Morgan fingerprint density at radius 1 is 1.27 bits per heavy atom. The maximum absolute atomic E-state index is 14.1. The first-order valence-electron chi connectivity index (χ1n) is 7.32. The molecular weight excluding hydrogens is 287 g/mol. The number of rotatable bonds is 2. The second-order valence-electron chi connectivity index (χ2n) is 5.81. The average molecular weight is 306 g/mol. The van der Waals surface area contributed by atoms with Crippen molar-refractivity contribution < 1.29 is 14.0 Å². The van der Waals surface area contributed by atoms with Crippen LogP contribution in [-0.2, 0) is 4.79 Å².